The average molecular weight is 369 g/mol. The molecule has 0 aliphatic heterocycles. The number of hydrogen-bond donors (Lipinski definition) is 1. The minimum atomic E-state index is -0.602. The molecule has 0 aliphatic carbocycles. The number of carbonyl (C=O) groups is 1. The SMILES string of the molecule is COc1nn(CC(=O)NC(C)c2cccc(-n3cccc3)c2)cc1[N+](=O)[O-]. The van der Waals surface area contributed by atoms with E-state index in [4.69, 9.17) is 4.74 Å². The summed E-state index contributed by atoms with van der Waals surface area (Å²) in [6.45, 7) is 1.73. The second-order valence-electron chi connectivity index (χ2n) is 5.95. The number of nitrogens with one attached hydrogen (secondary N) is 1. The minimum absolute atomic E-state index is 0.125. The minimum Gasteiger partial charge on any atom is -0.475 e. The van der Waals surface area contributed by atoms with E-state index in [9.17, 15) is 14.9 Å². The number of hydrogen-bond acceptors (Lipinski definition) is 5. The van der Waals surface area contributed by atoms with Crippen LogP contribution in [0.3, 0.4) is 0 Å². The van der Waals surface area contributed by atoms with Gasteiger partial charge >= 0.3 is 11.6 Å². The van der Waals surface area contributed by atoms with E-state index in [2.05, 4.69) is 10.4 Å². The molecular formula is C18H19N5O4. The van der Waals surface area contributed by atoms with Gasteiger partial charge in [0.15, 0.2) is 0 Å². The Hall–Kier alpha value is -3.62. The fourth-order valence-corrected chi connectivity index (χ4v) is 2.72. The van der Waals surface area contributed by atoms with Gasteiger partial charge in [-0.25, -0.2) is 0 Å². The molecule has 0 bridgehead atoms. The molecule has 1 unspecified atom stereocenters. The van der Waals surface area contributed by atoms with E-state index in [0.717, 1.165) is 11.3 Å². The standard InChI is InChI=1S/C18H19N5O4/c1-13(14-6-5-7-15(10-14)21-8-3-4-9-21)19-17(24)12-22-11-16(23(25)26)18(20-22)27-2/h3-11,13H,12H2,1-2H3,(H,19,24). The summed E-state index contributed by atoms with van der Waals surface area (Å²) in [6, 6.07) is 11.5. The molecule has 0 aliphatic rings. The Kier molecular flexibility index (Phi) is 5.20. The first-order chi connectivity index (χ1) is 13.0. The molecule has 3 rings (SSSR count). The van der Waals surface area contributed by atoms with Crippen molar-refractivity contribution in [3.63, 3.8) is 0 Å². The van der Waals surface area contributed by atoms with Gasteiger partial charge in [-0.1, -0.05) is 12.1 Å². The van der Waals surface area contributed by atoms with Crippen LogP contribution in [0.4, 0.5) is 5.69 Å². The van der Waals surface area contributed by atoms with Crippen LogP contribution in [-0.2, 0) is 11.3 Å². The molecule has 27 heavy (non-hydrogen) atoms. The van der Waals surface area contributed by atoms with Crippen molar-refractivity contribution < 1.29 is 14.5 Å². The van der Waals surface area contributed by atoms with E-state index in [1.165, 1.54) is 18.0 Å². The van der Waals surface area contributed by atoms with Crippen molar-refractivity contribution in [1.29, 1.82) is 0 Å². The zero-order valence-electron chi connectivity index (χ0n) is 14.9. The van der Waals surface area contributed by atoms with Gasteiger partial charge in [-0.3, -0.25) is 19.6 Å². The molecule has 1 atom stereocenters. The molecule has 0 radical (unpaired) electrons. The predicted octanol–water partition coefficient (Wildman–Crippen LogP) is 2.47. The number of ether oxygens (including phenoxy) is 1. The largest absolute Gasteiger partial charge is 0.475 e. The third-order valence-corrected chi connectivity index (χ3v) is 4.06. The van der Waals surface area contributed by atoms with E-state index in [0.29, 0.717) is 0 Å². The number of methoxy groups -OCH3 is 1. The van der Waals surface area contributed by atoms with E-state index < -0.39 is 4.92 Å². The van der Waals surface area contributed by atoms with Crippen LogP contribution in [0.1, 0.15) is 18.5 Å². The number of benzene rings is 1. The van der Waals surface area contributed by atoms with Crippen molar-refractivity contribution in [2.24, 2.45) is 0 Å². The van der Waals surface area contributed by atoms with E-state index in [-0.39, 0.29) is 30.1 Å². The first-order valence-corrected chi connectivity index (χ1v) is 8.26. The van der Waals surface area contributed by atoms with Crippen LogP contribution >= 0.6 is 0 Å². The third kappa shape index (κ3) is 4.14. The first-order valence-electron chi connectivity index (χ1n) is 8.26. The van der Waals surface area contributed by atoms with Crippen LogP contribution in [0.5, 0.6) is 5.88 Å². The van der Waals surface area contributed by atoms with Crippen LogP contribution < -0.4 is 10.1 Å². The molecule has 9 nitrogen and oxygen atoms in total. The molecule has 9 heteroatoms. The molecule has 1 aromatic carbocycles. The monoisotopic (exact) mass is 369 g/mol. The second kappa shape index (κ2) is 7.73. The van der Waals surface area contributed by atoms with Gasteiger partial charge in [0.25, 0.3) is 0 Å². The molecule has 3 aromatic rings. The summed E-state index contributed by atoms with van der Waals surface area (Å²) in [7, 11) is 1.29. The van der Waals surface area contributed by atoms with Gasteiger partial charge < -0.3 is 14.6 Å². The van der Waals surface area contributed by atoms with Gasteiger partial charge in [0.05, 0.1) is 18.1 Å². The van der Waals surface area contributed by atoms with E-state index in [1.807, 2.05) is 60.3 Å². The maximum atomic E-state index is 12.3. The summed E-state index contributed by atoms with van der Waals surface area (Å²) in [4.78, 5) is 22.6. The van der Waals surface area contributed by atoms with Crippen LogP contribution in [0.2, 0.25) is 0 Å². The molecule has 0 saturated heterocycles. The summed E-state index contributed by atoms with van der Waals surface area (Å²) >= 11 is 0. The van der Waals surface area contributed by atoms with Gasteiger partial charge in [0.2, 0.25) is 5.91 Å². The Morgan fingerprint density at radius 2 is 2.07 bits per heavy atom. The van der Waals surface area contributed by atoms with Gasteiger partial charge in [-0.2, -0.15) is 0 Å². The van der Waals surface area contributed by atoms with Crippen LogP contribution in [0.15, 0.2) is 55.0 Å². The smallest absolute Gasteiger partial charge is 0.350 e. The van der Waals surface area contributed by atoms with Crippen LogP contribution in [0, 0.1) is 10.1 Å². The molecule has 0 saturated carbocycles. The fourth-order valence-electron chi connectivity index (χ4n) is 2.72. The zero-order valence-corrected chi connectivity index (χ0v) is 14.9. The Balaban J connectivity index is 1.68. The summed E-state index contributed by atoms with van der Waals surface area (Å²) in [6.07, 6.45) is 5.07. The predicted molar refractivity (Wildman–Crippen MR) is 97.8 cm³/mol. The number of aromatic nitrogens is 3. The topological polar surface area (TPSA) is 104 Å². The van der Waals surface area contributed by atoms with Crippen LogP contribution in [-0.4, -0.2) is 32.3 Å². The number of nitrogens with zero attached hydrogens (tertiary/aromatic N) is 4. The molecule has 2 aromatic heterocycles. The molecule has 2 heterocycles. The summed E-state index contributed by atoms with van der Waals surface area (Å²) in [5.74, 6) is -0.436. The first kappa shape index (κ1) is 18.2. The maximum Gasteiger partial charge on any atom is 0.350 e. The second-order valence-corrected chi connectivity index (χ2v) is 5.95. The normalized spacial score (nSPS) is 11.8. The highest BCUT2D eigenvalue weighted by Crippen LogP contribution is 2.24. The zero-order chi connectivity index (χ0) is 19.4. The highest BCUT2D eigenvalue weighted by Gasteiger charge is 2.21. The summed E-state index contributed by atoms with van der Waals surface area (Å²) in [5.41, 5.74) is 1.65. The van der Waals surface area contributed by atoms with Crippen molar-refractivity contribution in [3.05, 3.63) is 70.7 Å². The van der Waals surface area contributed by atoms with E-state index >= 15 is 0 Å². The van der Waals surface area contributed by atoms with Gasteiger partial charge in [-0.15, -0.1) is 5.10 Å². The molecule has 0 fully saturated rings. The lowest BCUT2D eigenvalue weighted by molar-refractivity contribution is -0.385. The Bertz CT molecular complexity index is 949. The number of carbonyl (C=O) groups excluding carboxylic acids is 1. The molecule has 1 N–H and O–H groups in total. The van der Waals surface area contributed by atoms with Crippen molar-refractivity contribution in [2.75, 3.05) is 7.11 Å². The number of amides is 1. The van der Waals surface area contributed by atoms with Gasteiger partial charge in [0.1, 0.15) is 12.7 Å². The van der Waals surface area contributed by atoms with E-state index in [1.54, 1.807) is 0 Å². The Morgan fingerprint density at radius 1 is 1.33 bits per heavy atom. The number of rotatable bonds is 7. The lowest BCUT2D eigenvalue weighted by atomic mass is 10.1. The summed E-state index contributed by atoms with van der Waals surface area (Å²) < 4.78 is 8.03. The lowest BCUT2D eigenvalue weighted by Gasteiger charge is -2.15. The molecular weight excluding hydrogens is 350 g/mol. The van der Waals surface area contributed by atoms with Gasteiger partial charge in [0, 0.05) is 18.1 Å². The van der Waals surface area contributed by atoms with Crippen molar-refractivity contribution >= 4 is 11.6 Å². The summed E-state index contributed by atoms with van der Waals surface area (Å²) in [5, 5.41) is 17.7. The quantitative estimate of drug-likeness (QED) is 0.509. The molecule has 1 amide bonds. The van der Waals surface area contributed by atoms with Crippen molar-refractivity contribution in [3.8, 4) is 11.6 Å². The Labute approximate surface area is 155 Å². The molecule has 0 spiro atoms. The highest BCUT2D eigenvalue weighted by molar-refractivity contribution is 5.76. The van der Waals surface area contributed by atoms with Gasteiger partial charge in [-0.05, 0) is 36.8 Å². The lowest BCUT2D eigenvalue weighted by Crippen LogP contribution is -2.30. The molecule has 140 valence electrons. The maximum absolute atomic E-state index is 12.3. The highest BCUT2D eigenvalue weighted by atomic mass is 16.6. The fraction of sp³-hybridized carbons (Fsp3) is 0.222. The van der Waals surface area contributed by atoms with Crippen molar-refractivity contribution in [1.82, 2.24) is 19.7 Å². The average Bonchev–Trinajstić information content (AvgIpc) is 3.31. The van der Waals surface area contributed by atoms with Crippen LogP contribution in [0.25, 0.3) is 5.69 Å². The number of nitro groups is 1. The van der Waals surface area contributed by atoms with Crippen molar-refractivity contribution in [2.45, 2.75) is 19.5 Å². The third-order valence-electron chi connectivity index (χ3n) is 4.06. The Morgan fingerprint density at radius 3 is 2.70 bits per heavy atom.